The number of carbonyl (C=O) groups excluding carboxylic acids is 1. The first-order chi connectivity index (χ1) is 11.7. The third kappa shape index (κ3) is 2.62. The SMILES string of the molecule is Cn1nnc2c(SCC(=O)N3CCCc4ccccc43)ncnc21. The second-order valence-corrected chi connectivity index (χ2v) is 6.59. The van der Waals surface area contributed by atoms with Crippen molar-refractivity contribution in [1.82, 2.24) is 25.0 Å². The number of para-hydroxylation sites is 1. The molecule has 8 heteroatoms. The molecule has 24 heavy (non-hydrogen) atoms. The molecule has 0 atom stereocenters. The van der Waals surface area contributed by atoms with Gasteiger partial charge in [-0.25, -0.2) is 14.6 Å². The standard InChI is InChI=1S/C16H16N6OS/c1-21-15-14(19-20-21)16(18-10-17-15)24-9-13(23)22-8-4-6-11-5-2-3-7-12(11)22/h2-3,5,7,10H,4,6,8-9H2,1H3. The Bertz CT molecular complexity index is 908. The van der Waals surface area contributed by atoms with Crippen LogP contribution in [-0.4, -0.2) is 43.2 Å². The van der Waals surface area contributed by atoms with E-state index in [0.717, 1.165) is 25.1 Å². The van der Waals surface area contributed by atoms with Crippen LogP contribution in [0.4, 0.5) is 5.69 Å². The van der Waals surface area contributed by atoms with Gasteiger partial charge < -0.3 is 4.90 Å². The van der Waals surface area contributed by atoms with E-state index in [-0.39, 0.29) is 5.91 Å². The first kappa shape index (κ1) is 15.1. The number of rotatable bonds is 3. The van der Waals surface area contributed by atoms with Gasteiger partial charge in [-0.3, -0.25) is 4.79 Å². The lowest BCUT2D eigenvalue weighted by Gasteiger charge is -2.29. The van der Waals surface area contributed by atoms with E-state index in [9.17, 15) is 4.79 Å². The van der Waals surface area contributed by atoms with Gasteiger partial charge in [-0.2, -0.15) is 0 Å². The molecule has 1 amide bonds. The number of thioether (sulfide) groups is 1. The van der Waals surface area contributed by atoms with Crippen LogP contribution in [0.25, 0.3) is 11.2 Å². The molecule has 3 heterocycles. The molecule has 4 rings (SSSR count). The van der Waals surface area contributed by atoms with Gasteiger partial charge in [0.1, 0.15) is 11.4 Å². The first-order valence-corrected chi connectivity index (χ1v) is 8.74. The van der Waals surface area contributed by atoms with Crippen LogP contribution >= 0.6 is 11.8 Å². The Morgan fingerprint density at radius 2 is 2.17 bits per heavy atom. The monoisotopic (exact) mass is 340 g/mol. The average molecular weight is 340 g/mol. The summed E-state index contributed by atoms with van der Waals surface area (Å²) < 4.78 is 1.60. The summed E-state index contributed by atoms with van der Waals surface area (Å²) in [7, 11) is 1.78. The Morgan fingerprint density at radius 1 is 1.29 bits per heavy atom. The van der Waals surface area contributed by atoms with Gasteiger partial charge in [0.15, 0.2) is 11.2 Å². The maximum atomic E-state index is 12.7. The van der Waals surface area contributed by atoms with Gasteiger partial charge >= 0.3 is 0 Å². The summed E-state index contributed by atoms with van der Waals surface area (Å²) in [6.07, 6.45) is 3.50. The smallest absolute Gasteiger partial charge is 0.237 e. The molecule has 7 nitrogen and oxygen atoms in total. The Morgan fingerprint density at radius 3 is 3.08 bits per heavy atom. The third-order valence-electron chi connectivity index (χ3n) is 4.10. The van der Waals surface area contributed by atoms with Crippen molar-refractivity contribution in [3.05, 3.63) is 36.2 Å². The molecule has 0 aliphatic carbocycles. The number of anilines is 1. The fourth-order valence-electron chi connectivity index (χ4n) is 2.94. The Hall–Kier alpha value is -2.48. The van der Waals surface area contributed by atoms with Crippen LogP contribution in [0.1, 0.15) is 12.0 Å². The van der Waals surface area contributed by atoms with Gasteiger partial charge in [0, 0.05) is 19.3 Å². The molecule has 0 spiro atoms. The number of amides is 1. The molecule has 1 aliphatic rings. The van der Waals surface area contributed by atoms with E-state index < -0.39 is 0 Å². The molecular weight excluding hydrogens is 324 g/mol. The number of carbonyl (C=O) groups is 1. The van der Waals surface area contributed by atoms with Crippen molar-refractivity contribution in [2.24, 2.45) is 7.05 Å². The van der Waals surface area contributed by atoms with Gasteiger partial charge in [0.2, 0.25) is 5.91 Å². The number of aryl methyl sites for hydroxylation is 2. The number of hydrogen-bond acceptors (Lipinski definition) is 6. The molecule has 0 radical (unpaired) electrons. The van der Waals surface area contributed by atoms with E-state index in [1.54, 1.807) is 11.7 Å². The molecule has 3 aromatic rings. The number of aromatic nitrogens is 5. The summed E-state index contributed by atoms with van der Waals surface area (Å²) in [6, 6.07) is 8.11. The minimum absolute atomic E-state index is 0.0859. The fraction of sp³-hybridized carbons (Fsp3) is 0.312. The van der Waals surface area contributed by atoms with Crippen molar-refractivity contribution in [2.45, 2.75) is 17.9 Å². The van der Waals surface area contributed by atoms with Crippen LogP contribution in [-0.2, 0) is 18.3 Å². The highest BCUT2D eigenvalue weighted by atomic mass is 32.2. The van der Waals surface area contributed by atoms with E-state index in [4.69, 9.17) is 0 Å². The fourth-order valence-corrected chi connectivity index (χ4v) is 3.75. The lowest BCUT2D eigenvalue weighted by Crippen LogP contribution is -2.36. The molecule has 1 aromatic carbocycles. The van der Waals surface area contributed by atoms with Crippen molar-refractivity contribution in [3.8, 4) is 0 Å². The number of hydrogen-bond donors (Lipinski definition) is 0. The molecule has 0 saturated heterocycles. The number of benzene rings is 1. The van der Waals surface area contributed by atoms with E-state index in [1.165, 1.54) is 23.7 Å². The molecule has 122 valence electrons. The van der Waals surface area contributed by atoms with Crippen LogP contribution in [0.3, 0.4) is 0 Å². The maximum absolute atomic E-state index is 12.7. The maximum Gasteiger partial charge on any atom is 0.237 e. The zero-order valence-corrected chi connectivity index (χ0v) is 14.0. The van der Waals surface area contributed by atoms with E-state index >= 15 is 0 Å². The highest BCUT2D eigenvalue weighted by Gasteiger charge is 2.22. The predicted octanol–water partition coefficient (Wildman–Crippen LogP) is 1.83. The van der Waals surface area contributed by atoms with Crippen molar-refractivity contribution in [2.75, 3.05) is 17.2 Å². The van der Waals surface area contributed by atoms with Crippen LogP contribution in [0.2, 0.25) is 0 Å². The van der Waals surface area contributed by atoms with Gasteiger partial charge in [0.25, 0.3) is 0 Å². The number of nitrogens with zero attached hydrogens (tertiary/aromatic N) is 6. The molecule has 0 unspecified atom stereocenters. The normalized spacial score (nSPS) is 14.0. The van der Waals surface area contributed by atoms with Crippen molar-refractivity contribution >= 4 is 34.5 Å². The van der Waals surface area contributed by atoms with E-state index in [2.05, 4.69) is 26.3 Å². The van der Waals surface area contributed by atoms with Crippen molar-refractivity contribution in [3.63, 3.8) is 0 Å². The minimum Gasteiger partial charge on any atom is -0.311 e. The van der Waals surface area contributed by atoms with Crippen LogP contribution in [0.5, 0.6) is 0 Å². The highest BCUT2D eigenvalue weighted by molar-refractivity contribution is 8.00. The summed E-state index contributed by atoms with van der Waals surface area (Å²) in [5, 5.41) is 8.73. The van der Waals surface area contributed by atoms with Crippen molar-refractivity contribution < 1.29 is 4.79 Å². The second-order valence-electron chi connectivity index (χ2n) is 5.63. The summed E-state index contributed by atoms with van der Waals surface area (Å²) in [6.45, 7) is 0.765. The molecule has 1 aliphatic heterocycles. The molecule has 0 fully saturated rings. The van der Waals surface area contributed by atoms with Gasteiger partial charge in [-0.05, 0) is 24.5 Å². The lowest BCUT2D eigenvalue weighted by molar-refractivity contribution is -0.116. The lowest BCUT2D eigenvalue weighted by atomic mass is 10.0. The molecular formula is C16H16N6OS. The minimum atomic E-state index is 0.0859. The highest BCUT2D eigenvalue weighted by Crippen LogP contribution is 2.28. The molecule has 0 bridgehead atoms. The van der Waals surface area contributed by atoms with E-state index in [1.807, 2.05) is 23.1 Å². The topological polar surface area (TPSA) is 76.8 Å². The third-order valence-corrected chi connectivity index (χ3v) is 5.06. The van der Waals surface area contributed by atoms with Crippen LogP contribution < -0.4 is 4.90 Å². The Kier molecular flexibility index (Phi) is 3.89. The number of fused-ring (bicyclic) bond motifs is 2. The molecule has 2 aromatic heterocycles. The van der Waals surface area contributed by atoms with Crippen LogP contribution in [0.15, 0.2) is 35.6 Å². The van der Waals surface area contributed by atoms with Gasteiger partial charge in [-0.15, -0.1) is 5.10 Å². The quantitative estimate of drug-likeness (QED) is 0.535. The zero-order chi connectivity index (χ0) is 16.5. The summed E-state index contributed by atoms with van der Waals surface area (Å²) in [5.41, 5.74) is 3.57. The summed E-state index contributed by atoms with van der Waals surface area (Å²) in [4.78, 5) is 23.0. The second kappa shape index (κ2) is 6.20. The van der Waals surface area contributed by atoms with Crippen molar-refractivity contribution in [1.29, 1.82) is 0 Å². The molecule has 0 saturated carbocycles. The average Bonchev–Trinajstić information content (AvgIpc) is 3.01. The van der Waals surface area contributed by atoms with Gasteiger partial charge in [-0.1, -0.05) is 35.2 Å². The Labute approximate surface area is 143 Å². The Balaban J connectivity index is 1.53. The predicted molar refractivity (Wildman–Crippen MR) is 91.9 cm³/mol. The summed E-state index contributed by atoms with van der Waals surface area (Å²) in [5.74, 6) is 0.402. The zero-order valence-electron chi connectivity index (χ0n) is 13.2. The largest absolute Gasteiger partial charge is 0.311 e. The molecule has 0 N–H and O–H groups in total. The summed E-state index contributed by atoms with van der Waals surface area (Å²) >= 11 is 1.38. The van der Waals surface area contributed by atoms with E-state index in [0.29, 0.717) is 21.9 Å². The van der Waals surface area contributed by atoms with Gasteiger partial charge in [0.05, 0.1) is 5.75 Å². The first-order valence-electron chi connectivity index (χ1n) is 7.75. The van der Waals surface area contributed by atoms with Crippen LogP contribution in [0, 0.1) is 0 Å².